The van der Waals surface area contributed by atoms with Gasteiger partial charge in [-0.15, -0.1) is 0 Å². The van der Waals surface area contributed by atoms with E-state index in [4.69, 9.17) is 22.9 Å². The molecule has 0 bridgehead atoms. The van der Waals surface area contributed by atoms with E-state index in [0.717, 1.165) is 10.9 Å². The Labute approximate surface area is 472 Å². The lowest BCUT2D eigenvalue weighted by atomic mass is 10.0. The minimum Gasteiger partial charge on any atom is -0.370 e. The molecule has 6 rings (SSSR count). The first-order valence-electron chi connectivity index (χ1n) is 28.3. The first-order chi connectivity index (χ1) is 38.9. The number of carbonyl (C=O) groups is 9. The van der Waals surface area contributed by atoms with E-state index in [1.807, 2.05) is 42.5 Å². The number of aromatic nitrogens is 1. The fourth-order valence-corrected chi connectivity index (χ4v) is 10.7. The van der Waals surface area contributed by atoms with E-state index in [1.54, 1.807) is 18.3 Å². The van der Waals surface area contributed by atoms with Crippen molar-refractivity contribution in [2.75, 3.05) is 32.7 Å². The molecule has 2 aromatic carbocycles. The smallest absolute Gasteiger partial charge is 0.246 e. The Bertz CT molecular complexity index is 2730. The number of H-pyrrole nitrogens is 1. The molecule has 0 aliphatic carbocycles. The van der Waals surface area contributed by atoms with E-state index < -0.39 is 95.6 Å². The van der Waals surface area contributed by atoms with Crippen molar-refractivity contribution in [1.82, 2.24) is 52.0 Å². The highest BCUT2D eigenvalue weighted by molar-refractivity contribution is 5.99. The Kier molecular flexibility index (Phi) is 23.7. The van der Waals surface area contributed by atoms with Crippen LogP contribution in [0.4, 0.5) is 0 Å². The SMILES string of the molecule is CC(=O)N[C@@H](CCCN=C(N)N)C(=O)N[C@@H](Cc1c[nH]c2ccccc12)C(=O)NC1CCCCCCCNC(=O)[C@@H]2CCCN2C(=O)[C@H](CCCN=C(N)N)NC(=O)[C@H](C)NC(=O)[C@@H]2CCCN2C(=O)[C@@H](Cc2ccccc2)NC1=O. The zero-order valence-electron chi connectivity index (χ0n) is 46.5. The molecule has 440 valence electrons. The highest BCUT2D eigenvalue weighted by Gasteiger charge is 2.41. The number of rotatable bonds is 17. The van der Waals surface area contributed by atoms with Gasteiger partial charge in [0.1, 0.15) is 48.3 Å². The lowest BCUT2D eigenvalue weighted by molar-refractivity contribution is -0.143. The van der Waals surface area contributed by atoms with Crippen molar-refractivity contribution in [3.8, 4) is 0 Å². The molecule has 8 atom stereocenters. The minimum absolute atomic E-state index is 0.0164. The van der Waals surface area contributed by atoms with Gasteiger partial charge in [-0.25, -0.2) is 0 Å². The van der Waals surface area contributed by atoms with Gasteiger partial charge in [-0.3, -0.25) is 53.1 Å². The minimum atomic E-state index is -1.27. The van der Waals surface area contributed by atoms with Crippen LogP contribution in [0.3, 0.4) is 0 Å². The van der Waals surface area contributed by atoms with Crippen molar-refractivity contribution >= 4 is 76.0 Å². The summed E-state index contributed by atoms with van der Waals surface area (Å²) in [6, 6.07) is 7.66. The average molecular weight is 1120 g/mol. The molecular formula is C56H82N16O9. The Hall–Kier alpha value is -8.25. The predicted octanol–water partition coefficient (Wildman–Crippen LogP) is -0.539. The third kappa shape index (κ3) is 18.7. The van der Waals surface area contributed by atoms with Gasteiger partial charge in [0.15, 0.2) is 11.9 Å². The molecule has 3 aromatic rings. The number of hydrogen-bond acceptors (Lipinski definition) is 11. The van der Waals surface area contributed by atoms with Crippen LogP contribution in [-0.2, 0) is 56.0 Å². The molecule has 3 aliphatic heterocycles. The van der Waals surface area contributed by atoms with Crippen LogP contribution in [0.25, 0.3) is 10.9 Å². The van der Waals surface area contributed by atoms with Crippen LogP contribution in [0.2, 0.25) is 0 Å². The summed E-state index contributed by atoms with van der Waals surface area (Å²) in [5.41, 5.74) is 24.3. The summed E-state index contributed by atoms with van der Waals surface area (Å²) in [6.07, 6.45) is 7.59. The summed E-state index contributed by atoms with van der Waals surface area (Å²) in [6.45, 7) is 3.92. The maximum atomic E-state index is 14.9. The van der Waals surface area contributed by atoms with Gasteiger partial charge < -0.3 is 74.9 Å². The van der Waals surface area contributed by atoms with Crippen molar-refractivity contribution in [3.05, 3.63) is 71.9 Å². The molecule has 4 heterocycles. The van der Waals surface area contributed by atoms with Crippen molar-refractivity contribution < 1.29 is 43.2 Å². The highest BCUT2D eigenvalue weighted by atomic mass is 16.2. The van der Waals surface area contributed by atoms with Gasteiger partial charge >= 0.3 is 0 Å². The number of benzene rings is 2. The van der Waals surface area contributed by atoms with Gasteiger partial charge in [-0.2, -0.15) is 0 Å². The quantitative estimate of drug-likeness (QED) is 0.0460. The molecule has 0 saturated carbocycles. The highest BCUT2D eigenvalue weighted by Crippen LogP contribution is 2.24. The van der Waals surface area contributed by atoms with Crippen molar-refractivity contribution in [2.24, 2.45) is 32.9 Å². The molecule has 0 spiro atoms. The standard InChI is InChI=1S/C56H82N16O9/c1-34-47(74)68-42(23-14-28-63-56(59)60)53(80)71-29-15-24-45(71)51(78)61-26-12-5-3-4-9-21-41(49(76)70-44(31-36-17-7-6-8-18-36)54(81)72-30-16-25-46(72)52(79)65-34)67-50(77)43(32-37-33-64-39-20-11-10-19-38(37)39)69-48(75)40(66-35(2)73)22-13-27-62-55(57)58/h6-8,10-11,17-20,33-34,40-46,64H,3-5,9,12-16,21-32H2,1-2H3,(H,61,78)(H,65,79)(H,66,73)(H,67,77)(H,68,74)(H,69,75)(H,70,76)(H4,57,58,62)(H4,59,60,63)/t34-,40-,41?,42-,43-,44+,45-,46-/m0/s1. The van der Waals surface area contributed by atoms with Crippen molar-refractivity contribution in [3.63, 3.8) is 0 Å². The van der Waals surface area contributed by atoms with Gasteiger partial charge in [0, 0.05) is 69.6 Å². The average Bonchev–Trinajstić information content (AvgIpc) is 4.26. The Balaban J connectivity index is 1.29. The van der Waals surface area contributed by atoms with E-state index >= 15 is 0 Å². The van der Waals surface area contributed by atoms with Crippen LogP contribution in [-0.4, -0.2) is 161 Å². The van der Waals surface area contributed by atoms with E-state index in [0.29, 0.717) is 88.4 Å². The van der Waals surface area contributed by atoms with E-state index in [-0.39, 0.29) is 76.0 Å². The third-order valence-electron chi connectivity index (χ3n) is 14.9. The Morgan fingerprint density at radius 1 is 0.654 bits per heavy atom. The first-order valence-corrected chi connectivity index (χ1v) is 28.3. The number of nitrogens with two attached hydrogens (primary N) is 4. The number of carbonyl (C=O) groups excluding carboxylic acids is 9. The second kappa shape index (κ2) is 30.9. The van der Waals surface area contributed by atoms with Crippen molar-refractivity contribution in [1.29, 1.82) is 0 Å². The number of nitrogens with one attached hydrogen (secondary N) is 8. The normalized spacial score (nSPS) is 22.7. The molecular weight excluding hydrogens is 1040 g/mol. The molecule has 3 aliphatic rings. The van der Waals surface area contributed by atoms with Crippen molar-refractivity contribution in [2.45, 2.75) is 165 Å². The second-order valence-electron chi connectivity index (χ2n) is 21.1. The number of amides is 9. The molecule has 9 amide bonds. The lowest BCUT2D eigenvalue weighted by Crippen LogP contribution is -2.60. The lowest BCUT2D eigenvalue weighted by Gasteiger charge is -2.31. The number of nitrogens with zero attached hydrogens (tertiary/aromatic N) is 4. The van der Waals surface area contributed by atoms with Crippen LogP contribution in [0.15, 0.2) is 70.8 Å². The number of aliphatic imine (C=N–C) groups is 2. The van der Waals surface area contributed by atoms with Gasteiger partial charge in [0.2, 0.25) is 53.2 Å². The molecule has 81 heavy (non-hydrogen) atoms. The number of aromatic amines is 1. The van der Waals surface area contributed by atoms with Crippen LogP contribution < -0.4 is 60.2 Å². The van der Waals surface area contributed by atoms with Crippen LogP contribution in [0, 0.1) is 0 Å². The molecule has 25 heteroatoms. The van der Waals surface area contributed by atoms with Gasteiger partial charge in [-0.05, 0) is 88.3 Å². The zero-order chi connectivity index (χ0) is 58.4. The third-order valence-corrected chi connectivity index (χ3v) is 14.9. The first kappa shape index (κ1) is 62.0. The molecule has 1 aromatic heterocycles. The monoisotopic (exact) mass is 1120 g/mol. The summed E-state index contributed by atoms with van der Waals surface area (Å²) in [7, 11) is 0. The molecule has 0 radical (unpaired) electrons. The molecule has 16 N–H and O–H groups in total. The molecule has 25 nitrogen and oxygen atoms in total. The number of guanidine groups is 2. The Morgan fingerprint density at radius 3 is 1.96 bits per heavy atom. The van der Waals surface area contributed by atoms with Crippen LogP contribution in [0.5, 0.6) is 0 Å². The summed E-state index contributed by atoms with van der Waals surface area (Å²) in [5, 5.41) is 20.7. The van der Waals surface area contributed by atoms with E-state index in [2.05, 4.69) is 52.2 Å². The van der Waals surface area contributed by atoms with Gasteiger partial charge in [-0.1, -0.05) is 74.2 Å². The fraction of sp³-hybridized carbons (Fsp3) is 0.554. The summed E-state index contributed by atoms with van der Waals surface area (Å²) in [4.78, 5) is 141. The summed E-state index contributed by atoms with van der Waals surface area (Å²) >= 11 is 0. The number of fused-ring (bicyclic) bond motifs is 3. The van der Waals surface area contributed by atoms with Crippen LogP contribution >= 0.6 is 0 Å². The van der Waals surface area contributed by atoms with E-state index in [1.165, 1.54) is 23.6 Å². The molecule has 3 fully saturated rings. The Morgan fingerprint density at radius 2 is 1.27 bits per heavy atom. The zero-order valence-corrected chi connectivity index (χ0v) is 46.5. The second-order valence-corrected chi connectivity index (χ2v) is 21.1. The number of para-hydroxylation sites is 1. The summed E-state index contributed by atoms with van der Waals surface area (Å²) in [5.74, 6) is -5.34. The maximum Gasteiger partial charge on any atom is 0.246 e. The molecule has 1 unspecified atom stereocenters. The van der Waals surface area contributed by atoms with Gasteiger partial charge in [0.05, 0.1) is 0 Å². The number of hydrogen-bond donors (Lipinski definition) is 12. The summed E-state index contributed by atoms with van der Waals surface area (Å²) < 4.78 is 0. The van der Waals surface area contributed by atoms with E-state index in [9.17, 15) is 43.2 Å². The van der Waals surface area contributed by atoms with Gasteiger partial charge in [0.25, 0.3) is 0 Å². The molecule has 3 saturated heterocycles. The predicted molar refractivity (Wildman–Crippen MR) is 305 cm³/mol. The van der Waals surface area contributed by atoms with Crippen LogP contribution in [0.1, 0.15) is 115 Å². The topological polar surface area (TPSA) is 389 Å². The largest absolute Gasteiger partial charge is 0.370 e. The fourth-order valence-electron chi connectivity index (χ4n) is 10.7. The maximum absolute atomic E-state index is 14.9.